The van der Waals surface area contributed by atoms with Crippen LogP contribution in [0.5, 0.6) is 0 Å². The van der Waals surface area contributed by atoms with Gasteiger partial charge in [-0.3, -0.25) is 4.18 Å². The molecule has 0 amide bonds. The average molecular weight is 192 g/mol. The van der Waals surface area contributed by atoms with E-state index in [1.54, 1.807) is 6.92 Å². The third-order valence-corrected chi connectivity index (χ3v) is 2.43. The lowest BCUT2D eigenvalue weighted by atomic mass is 10.2. The lowest BCUT2D eigenvalue weighted by Crippen LogP contribution is -1.99. The molecule has 0 atom stereocenters. The van der Waals surface area contributed by atoms with Gasteiger partial charge in [0.15, 0.2) is 0 Å². The van der Waals surface area contributed by atoms with E-state index in [4.69, 9.17) is 0 Å². The molecule has 0 spiro atoms. The van der Waals surface area contributed by atoms with E-state index in [1.807, 2.05) is 0 Å². The summed E-state index contributed by atoms with van der Waals surface area (Å²) in [6.07, 6.45) is 1.33. The Hall–Kier alpha value is -0.680. The average Bonchev–Trinajstić information content (AvgIpc) is 2.03. The summed E-state index contributed by atoms with van der Waals surface area (Å²) >= 11 is 0. The van der Waals surface area contributed by atoms with Crippen molar-refractivity contribution in [2.75, 3.05) is 7.11 Å². The van der Waals surface area contributed by atoms with Gasteiger partial charge in [-0.2, -0.15) is 8.42 Å². The van der Waals surface area contributed by atoms with E-state index < -0.39 is 10.1 Å². The van der Waals surface area contributed by atoms with Crippen molar-refractivity contribution in [3.8, 4) is 0 Å². The fourth-order valence-corrected chi connectivity index (χ4v) is 1.40. The van der Waals surface area contributed by atoms with Crippen molar-refractivity contribution in [3.05, 3.63) is 11.0 Å². The third kappa shape index (κ3) is 4.25. The molecule has 0 N–H and O–H groups in total. The molecular formula is C7H12O4S. The first-order valence-electron chi connectivity index (χ1n) is 3.49. The Bertz CT molecular complexity index is 263. The van der Waals surface area contributed by atoms with Crippen molar-refractivity contribution in [2.24, 2.45) is 0 Å². The quantitative estimate of drug-likeness (QED) is 0.478. The molecule has 0 aromatic rings. The summed E-state index contributed by atoms with van der Waals surface area (Å²) < 4.78 is 25.9. The number of carbonyl (C=O) groups excluding carboxylic acids is 1. The molecule has 0 aliphatic rings. The van der Waals surface area contributed by atoms with Crippen molar-refractivity contribution in [3.63, 3.8) is 0 Å². The summed E-state index contributed by atoms with van der Waals surface area (Å²) in [5, 5.41) is 0.988. The van der Waals surface area contributed by atoms with Gasteiger partial charge in [-0.05, 0) is 12.0 Å². The van der Waals surface area contributed by atoms with Gasteiger partial charge in [-0.15, -0.1) is 0 Å². The Balaban J connectivity index is 4.59. The van der Waals surface area contributed by atoms with Crippen LogP contribution in [0.2, 0.25) is 0 Å². The van der Waals surface area contributed by atoms with Crippen molar-refractivity contribution in [1.29, 1.82) is 0 Å². The minimum Gasteiger partial charge on any atom is -0.303 e. The van der Waals surface area contributed by atoms with Crippen molar-refractivity contribution in [1.82, 2.24) is 0 Å². The Kier molecular flexibility index (Phi) is 4.77. The highest BCUT2D eigenvalue weighted by molar-refractivity contribution is 7.89. The van der Waals surface area contributed by atoms with Crippen LogP contribution < -0.4 is 0 Å². The zero-order valence-electron chi connectivity index (χ0n) is 7.11. The van der Waals surface area contributed by atoms with Gasteiger partial charge in [0.25, 0.3) is 10.1 Å². The molecule has 0 radical (unpaired) electrons. The maximum absolute atomic E-state index is 10.8. The predicted octanol–water partition coefficient (Wildman–Crippen LogP) is 0.846. The first kappa shape index (κ1) is 11.3. The first-order chi connectivity index (χ1) is 5.55. The summed E-state index contributed by atoms with van der Waals surface area (Å²) in [6.45, 7) is 1.78. The first-order valence-corrected chi connectivity index (χ1v) is 4.96. The Morgan fingerprint density at radius 1 is 1.50 bits per heavy atom. The second kappa shape index (κ2) is 5.05. The zero-order valence-corrected chi connectivity index (χ0v) is 7.93. The van der Waals surface area contributed by atoms with Gasteiger partial charge in [0.2, 0.25) is 0 Å². The van der Waals surface area contributed by atoms with E-state index in [0.29, 0.717) is 18.3 Å². The highest BCUT2D eigenvalue weighted by atomic mass is 32.2. The molecule has 0 aromatic carbocycles. The molecule has 0 aromatic heterocycles. The molecule has 0 saturated carbocycles. The smallest absolute Gasteiger partial charge is 0.289 e. The minimum atomic E-state index is -3.57. The van der Waals surface area contributed by atoms with Gasteiger partial charge < -0.3 is 4.79 Å². The second-order valence-electron chi connectivity index (χ2n) is 2.16. The fourth-order valence-electron chi connectivity index (χ4n) is 0.635. The maximum Gasteiger partial charge on any atom is 0.289 e. The van der Waals surface area contributed by atoms with Gasteiger partial charge in [-0.25, -0.2) is 0 Å². The Morgan fingerprint density at radius 2 is 2.08 bits per heavy atom. The number of hydrogen-bond acceptors (Lipinski definition) is 4. The molecule has 5 heteroatoms. The number of rotatable bonds is 5. The number of hydrogen-bond donors (Lipinski definition) is 0. The molecule has 70 valence electrons. The van der Waals surface area contributed by atoms with Crippen LogP contribution in [0.25, 0.3) is 0 Å². The highest BCUT2D eigenvalue weighted by Gasteiger charge is 2.05. The number of carbonyl (C=O) groups is 1. The standard InChI is InChI=1S/C7H12O4S/c1-3-7(4-5-8)6-12(9,10)11-2/h5-6H,3-4H2,1-2H3. The van der Waals surface area contributed by atoms with E-state index in [2.05, 4.69) is 4.18 Å². The van der Waals surface area contributed by atoms with E-state index in [0.717, 1.165) is 12.5 Å². The summed E-state index contributed by atoms with van der Waals surface area (Å²) in [5.41, 5.74) is 0.548. The number of aldehydes is 1. The largest absolute Gasteiger partial charge is 0.303 e. The van der Waals surface area contributed by atoms with E-state index >= 15 is 0 Å². The Morgan fingerprint density at radius 3 is 2.42 bits per heavy atom. The zero-order chi connectivity index (χ0) is 9.61. The molecule has 0 heterocycles. The molecule has 0 fully saturated rings. The van der Waals surface area contributed by atoms with Gasteiger partial charge >= 0.3 is 0 Å². The van der Waals surface area contributed by atoms with E-state index in [9.17, 15) is 13.2 Å². The van der Waals surface area contributed by atoms with Crippen LogP contribution >= 0.6 is 0 Å². The van der Waals surface area contributed by atoms with Gasteiger partial charge in [0, 0.05) is 6.42 Å². The van der Waals surface area contributed by atoms with Crippen LogP contribution in [0.3, 0.4) is 0 Å². The van der Waals surface area contributed by atoms with Crippen LogP contribution in [0, 0.1) is 0 Å². The van der Waals surface area contributed by atoms with E-state index in [-0.39, 0.29) is 6.42 Å². The molecule has 4 nitrogen and oxygen atoms in total. The second-order valence-corrected chi connectivity index (χ2v) is 3.71. The molecule has 0 aliphatic heterocycles. The maximum atomic E-state index is 10.8. The molecule has 0 unspecified atom stereocenters. The van der Waals surface area contributed by atoms with Crippen LogP contribution in [0.1, 0.15) is 19.8 Å². The topological polar surface area (TPSA) is 60.4 Å². The number of allylic oxidation sites excluding steroid dienone is 1. The summed E-state index contributed by atoms with van der Waals surface area (Å²) in [7, 11) is -2.49. The predicted molar refractivity (Wildman–Crippen MR) is 45.0 cm³/mol. The van der Waals surface area contributed by atoms with E-state index in [1.165, 1.54) is 0 Å². The monoisotopic (exact) mass is 192 g/mol. The molecule has 0 bridgehead atoms. The molecule has 0 aliphatic carbocycles. The van der Waals surface area contributed by atoms with Gasteiger partial charge in [0.1, 0.15) is 6.29 Å². The Labute approximate surface area is 72.3 Å². The fraction of sp³-hybridized carbons (Fsp3) is 0.571. The molecule has 0 saturated heterocycles. The van der Waals surface area contributed by atoms with Crippen LogP contribution in [-0.2, 0) is 19.1 Å². The molecule has 12 heavy (non-hydrogen) atoms. The van der Waals surface area contributed by atoms with Crippen molar-refractivity contribution < 1.29 is 17.4 Å². The van der Waals surface area contributed by atoms with Crippen LogP contribution in [0.15, 0.2) is 11.0 Å². The van der Waals surface area contributed by atoms with Gasteiger partial charge in [0.05, 0.1) is 12.5 Å². The van der Waals surface area contributed by atoms with Crippen molar-refractivity contribution in [2.45, 2.75) is 19.8 Å². The molecular weight excluding hydrogens is 180 g/mol. The highest BCUT2D eigenvalue weighted by Crippen LogP contribution is 2.07. The molecule has 0 rings (SSSR count). The van der Waals surface area contributed by atoms with Crippen molar-refractivity contribution >= 4 is 16.4 Å². The third-order valence-electron chi connectivity index (χ3n) is 1.34. The summed E-state index contributed by atoms with van der Waals surface area (Å²) in [6, 6.07) is 0. The SMILES string of the molecule is CCC(=CS(=O)(=O)OC)CC=O. The summed E-state index contributed by atoms with van der Waals surface area (Å²) in [5.74, 6) is 0. The lowest BCUT2D eigenvalue weighted by Gasteiger charge is -1.98. The minimum absolute atomic E-state index is 0.138. The summed E-state index contributed by atoms with van der Waals surface area (Å²) in [4.78, 5) is 10.1. The normalized spacial score (nSPS) is 13.0. The lowest BCUT2D eigenvalue weighted by molar-refractivity contribution is -0.107. The van der Waals surface area contributed by atoms with Gasteiger partial charge in [-0.1, -0.05) is 6.92 Å². The van der Waals surface area contributed by atoms with Crippen LogP contribution in [-0.4, -0.2) is 21.8 Å². The van der Waals surface area contributed by atoms with Crippen LogP contribution in [0.4, 0.5) is 0 Å².